The average Bonchev–Trinajstić information content (AvgIpc) is 3.77. The molecule has 2 N–H and O–H groups in total. The van der Waals surface area contributed by atoms with E-state index in [-0.39, 0.29) is 23.8 Å². The Labute approximate surface area is 192 Å². The molecule has 2 saturated heterocycles. The molecule has 5 rings (SSSR count). The van der Waals surface area contributed by atoms with Gasteiger partial charge in [0.25, 0.3) is 11.8 Å². The maximum atomic E-state index is 12.9. The molecular weight excluding hydrogens is 422 g/mol. The topological polar surface area (TPSA) is 102 Å². The molecule has 8 heteroatoms. The van der Waals surface area contributed by atoms with Gasteiger partial charge in [-0.15, -0.1) is 0 Å². The Bertz CT molecular complexity index is 1070. The minimum atomic E-state index is -1.16. The molecule has 0 radical (unpaired) electrons. The Hall–Kier alpha value is -3.23. The fraction of sp³-hybridized carbons (Fsp3) is 0.400. The highest BCUT2D eigenvalue weighted by atomic mass is 16.6. The van der Waals surface area contributed by atoms with Crippen LogP contribution in [0.25, 0.3) is 11.1 Å². The van der Waals surface area contributed by atoms with Crippen LogP contribution in [-0.2, 0) is 14.3 Å². The van der Waals surface area contributed by atoms with Crippen LogP contribution in [0.2, 0.25) is 0 Å². The lowest BCUT2D eigenvalue weighted by molar-refractivity contribution is -0.143. The zero-order valence-electron chi connectivity index (χ0n) is 18.3. The normalized spacial score (nSPS) is 20.8. The van der Waals surface area contributed by atoms with Crippen molar-refractivity contribution in [3.63, 3.8) is 0 Å². The molecule has 0 aromatic heterocycles. The van der Waals surface area contributed by atoms with Gasteiger partial charge in [-0.3, -0.25) is 14.4 Å². The minimum absolute atomic E-state index is 0.0474. The first-order valence-electron chi connectivity index (χ1n) is 11.3. The van der Waals surface area contributed by atoms with Crippen molar-refractivity contribution in [1.29, 1.82) is 0 Å². The molecule has 1 aliphatic carbocycles. The fourth-order valence-electron chi connectivity index (χ4n) is 4.11. The lowest BCUT2D eigenvalue weighted by atomic mass is 10.0. The van der Waals surface area contributed by atoms with Crippen LogP contribution in [0.4, 0.5) is 5.69 Å². The Morgan fingerprint density at radius 1 is 0.970 bits per heavy atom. The summed E-state index contributed by atoms with van der Waals surface area (Å²) in [5, 5.41) is 12.9. The van der Waals surface area contributed by atoms with Gasteiger partial charge in [0.05, 0.1) is 19.1 Å². The summed E-state index contributed by atoms with van der Waals surface area (Å²) in [4.78, 5) is 40.6. The summed E-state index contributed by atoms with van der Waals surface area (Å²) in [6.07, 6.45) is 1.47. The van der Waals surface area contributed by atoms with Crippen molar-refractivity contribution in [2.75, 3.05) is 38.1 Å². The number of ether oxygens (including phenoxy) is 1. The van der Waals surface area contributed by atoms with E-state index in [1.165, 1.54) is 0 Å². The lowest BCUT2D eigenvalue weighted by Gasteiger charge is -2.35. The molecule has 1 unspecified atom stereocenters. The van der Waals surface area contributed by atoms with Gasteiger partial charge in [-0.2, -0.15) is 0 Å². The monoisotopic (exact) mass is 449 g/mol. The number of carbonyl (C=O) groups excluding carboxylic acids is 3. The van der Waals surface area contributed by atoms with Crippen LogP contribution >= 0.6 is 0 Å². The van der Waals surface area contributed by atoms with Gasteiger partial charge >= 0.3 is 0 Å². The first-order chi connectivity index (χ1) is 15.9. The van der Waals surface area contributed by atoms with E-state index in [0.717, 1.165) is 16.8 Å². The number of anilines is 1. The van der Waals surface area contributed by atoms with Gasteiger partial charge in [-0.05, 0) is 48.2 Å². The third kappa shape index (κ3) is 4.91. The van der Waals surface area contributed by atoms with E-state index in [1.807, 2.05) is 36.4 Å². The number of rotatable bonds is 6. The molecule has 3 amide bonds. The molecule has 33 heavy (non-hydrogen) atoms. The summed E-state index contributed by atoms with van der Waals surface area (Å²) in [5.41, 5.74) is 2.05. The van der Waals surface area contributed by atoms with Crippen LogP contribution in [0.3, 0.4) is 0 Å². The van der Waals surface area contributed by atoms with Gasteiger partial charge in [0.2, 0.25) is 5.91 Å². The number of nitrogens with one attached hydrogen (secondary N) is 1. The number of piperazine rings is 1. The summed E-state index contributed by atoms with van der Waals surface area (Å²) in [6, 6.07) is 15.0. The van der Waals surface area contributed by atoms with Crippen molar-refractivity contribution in [3.8, 4) is 11.1 Å². The number of amides is 3. The Morgan fingerprint density at radius 3 is 2.27 bits per heavy atom. The van der Waals surface area contributed by atoms with Crippen LogP contribution in [-0.4, -0.2) is 77.1 Å². The molecule has 2 aromatic carbocycles. The molecule has 1 saturated carbocycles. The van der Waals surface area contributed by atoms with Crippen LogP contribution in [0, 0.1) is 0 Å². The first-order valence-corrected chi connectivity index (χ1v) is 11.3. The summed E-state index contributed by atoms with van der Waals surface area (Å²) >= 11 is 0. The van der Waals surface area contributed by atoms with Gasteiger partial charge in [-0.1, -0.05) is 24.3 Å². The smallest absolute Gasteiger partial charge is 0.254 e. The van der Waals surface area contributed by atoms with E-state index >= 15 is 0 Å². The largest absolute Gasteiger partial charge is 0.380 e. The van der Waals surface area contributed by atoms with E-state index in [1.54, 1.807) is 21.9 Å². The van der Waals surface area contributed by atoms with Gasteiger partial charge < -0.3 is 25.0 Å². The predicted octanol–water partition coefficient (Wildman–Crippen LogP) is 1.89. The number of carbonyl (C=O) groups is 3. The third-order valence-electron chi connectivity index (χ3n) is 6.40. The molecular formula is C25H27N3O5. The lowest BCUT2D eigenvalue weighted by Crippen LogP contribution is -2.53. The van der Waals surface area contributed by atoms with Gasteiger partial charge in [-0.25, -0.2) is 0 Å². The molecule has 0 spiro atoms. The predicted molar refractivity (Wildman–Crippen MR) is 122 cm³/mol. The maximum Gasteiger partial charge on any atom is 0.254 e. The number of aliphatic hydroxyl groups is 1. The molecule has 3 aliphatic rings. The average molecular weight is 450 g/mol. The van der Waals surface area contributed by atoms with E-state index in [2.05, 4.69) is 5.32 Å². The fourth-order valence-corrected chi connectivity index (χ4v) is 4.11. The standard InChI is InChI=1S/C25H27N3O5/c29-22(15-21-16-33-21)26-20-3-1-2-19(14-20)17-4-6-18(7-5-17)23(30)27-10-12-28(13-11-27)24(31)25(32)8-9-25/h1-7,14,21,32H,8-13,15-16H2,(H,26,29). The molecule has 2 aromatic rings. The first kappa shape index (κ1) is 21.6. The number of hydrogen-bond donors (Lipinski definition) is 2. The number of hydrogen-bond acceptors (Lipinski definition) is 5. The molecule has 8 nitrogen and oxygen atoms in total. The third-order valence-corrected chi connectivity index (χ3v) is 6.40. The molecule has 2 aliphatic heterocycles. The number of nitrogens with zero attached hydrogens (tertiary/aromatic N) is 2. The minimum Gasteiger partial charge on any atom is -0.380 e. The second kappa shape index (κ2) is 8.61. The molecule has 0 bridgehead atoms. The number of benzene rings is 2. The molecule has 3 fully saturated rings. The molecule has 1 atom stereocenters. The summed E-state index contributed by atoms with van der Waals surface area (Å²) < 4.78 is 5.10. The van der Waals surface area contributed by atoms with Crippen molar-refractivity contribution in [2.45, 2.75) is 31.0 Å². The maximum absolute atomic E-state index is 12.9. The molecule has 2 heterocycles. The van der Waals surface area contributed by atoms with Crippen molar-refractivity contribution < 1.29 is 24.2 Å². The Morgan fingerprint density at radius 2 is 1.64 bits per heavy atom. The quantitative estimate of drug-likeness (QED) is 0.656. The summed E-state index contributed by atoms with van der Waals surface area (Å²) in [7, 11) is 0. The zero-order valence-corrected chi connectivity index (χ0v) is 18.3. The van der Waals surface area contributed by atoms with Crippen LogP contribution in [0.5, 0.6) is 0 Å². The highest BCUT2D eigenvalue weighted by Crippen LogP contribution is 2.37. The van der Waals surface area contributed by atoms with Crippen molar-refractivity contribution >= 4 is 23.4 Å². The van der Waals surface area contributed by atoms with Gasteiger partial charge in [0, 0.05) is 37.4 Å². The van der Waals surface area contributed by atoms with E-state index in [9.17, 15) is 19.5 Å². The van der Waals surface area contributed by atoms with E-state index in [0.29, 0.717) is 57.6 Å². The van der Waals surface area contributed by atoms with Gasteiger partial charge in [0.1, 0.15) is 5.60 Å². The highest BCUT2D eigenvalue weighted by molar-refractivity contribution is 5.95. The van der Waals surface area contributed by atoms with Crippen molar-refractivity contribution in [3.05, 3.63) is 54.1 Å². The zero-order chi connectivity index (χ0) is 23.0. The summed E-state index contributed by atoms with van der Waals surface area (Å²) in [5.74, 6) is -0.344. The second-order valence-electron chi connectivity index (χ2n) is 8.98. The van der Waals surface area contributed by atoms with Crippen molar-refractivity contribution in [2.24, 2.45) is 0 Å². The van der Waals surface area contributed by atoms with E-state index < -0.39 is 5.60 Å². The van der Waals surface area contributed by atoms with Crippen LogP contribution < -0.4 is 5.32 Å². The van der Waals surface area contributed by atoms with E-state index in [4.69, 9.17) is 4.74 Å². The van der Waals surface area contributed by atoms with Crippen LogP contribution in [0.1, 0.15) is 29.6 Å². The SMILES string of the molecule is O=C(CC1CO1)Nc1cccc(-c2ccc(C(=O)N3CCN(C(=O)C4(O)CC4)CC3)cc2)c1. The summed E-state index contributed by atoms with van der Waals surface area (Å²) in [6.45, 7) is 2.44. The Kier molecular flexibility index (Phi) is 5.64. The highest BCUT2D eigenvalue weighted by Gasteiger charge is 2.50. The Balaban J connectivity index is 1.19. The number of epoxide rings is 1. The van der Waals surface area contributed by atoms with Gasteiger partial charge in [0.15, 0.2) is 0 Å². The van der Waals surface area contributed by atoms with Crippen LogP contribution in [0.15, 0.2) is 48.5 Å². The van der Waals surface area contributed by atoms with Crippen molar-refractivity contribution in [1.82, 2.24) is 9.80 Å². The molecule has 172 valence electrons. The second-order valence-corrected chi connectivity index (χ2v) is 8.98.